The van der Waals surface area contributed by atoms with Crippen molar-refractivity contribution >= 4 is 0 Å². The zero-order valence-electron chi connectivity index (χ0n) is 13.1. The van der Waals surface area contributed by atoms with Crippen LogP contribution < -0.4 is 4.74 Å². The fourth-order valence-corrected chi connectivity index (χ4v) is 5.09. The third-order valence-corrected chi connectivity index (χ3v) is 6.13. The molecule has 1 unspecified atom stereocenters. The summed E-state index contributed by atoms with van der Waals surface area (Å²) in [6.07, 6.45) is 6.58. The molecule has 0 bridgehead atoms. The van der Waals surface area contributed by atoms with Crippen LogP contribution in [0.5, 0.6) is 5.75 Å². The van der Waals surface area contributed by atoms with Gasteiger partial charge >= 0.3 is 0 Å². The van der Waals surface area contributed by atoms with Crippen molar-refractivity contribution in [2.45, 2.75) is 43.7 Å². The molecule has 1 aromatic carbocycles. The molecule has 0 aromatic heterocycles. The van der Waals surface area contributed by atoms with E-state index in [0.717, 1.165) is 18.1 Å². The van der Waals surface area contributed by atoms with Crippen LogP contribution in [-0.4, -0.2) is 38.3 Å². The van der Waals surface area contributed by atoms with Gasteiger partial charge in [0.05, 0.1) is 18.8 Å². The first-order valence-electron chi connectivity index (χ1n) is 8.23. The molecule has 4 rings (SSSR count). The third-order valence-electron chi connectivity index (χ3n) is 6.13. The Labute approximate surface area is 127 Å². The van der Waals surface area contributed by atoms with E-state index >= 15 is 0 Å². The van der Waals surface area contributed by atoms with E-state index in [0.29, 0.717) is 6.10 Å². The average Bonchev–Trinajstić information content (AvgIpc) is 2.93. The number of hydrogen-bond acceptors (Lipinski definition) is 3. The van der Waals surface area contributed by atoms with Crippen LogP contribution in [0.4, 0.5) is 0 Å². The standard InChI is InChI=1S/C18H25NO2/c1-20-15-5-3-13-7-9-19-10-8-14-4-6-16(21-2)12-18(14,19)17(13)11-15/h3,5,11,14,16H,4,6-10,12H2,1-2H3/t14-,16?,18-/m0/s1. The minimum Gasteiger partial charge on any atom is -0.497 e. The lowest BCUT2D eigenvalue weighted by Crippen LogP contribution is -2.53. The summed E-state index contributed by atoms with van der Waals surface area (Å²) in [7, 11) is 3.64. The number of nitrogens with zero attached hydrogens (tertiary/aromatic N) is 1. The molecule has 1 spiro atoms. The van der Waals surface area contributed by atoms with Gasteiger partial charge in [0.25, 0.3) is 0 Å². The van der Waals surface area contributed by atoms with Crippen molar-refractivity contribution in [1.29, 1.82) is 0 Å². The molecule has 3 nitrogen and oxygen atoms in total. The minimum atomic E-state index is 0.209. The highest BCUT2D eigenvalue weighted by Crippen LogP contribution is 2.55. The SMILES string of the molecule is COc1ccc2c(c1)[C@]13CC(OC)CC[C@H]1CCN3CC2. The molecular weight excluding hydrogens is 262 g/mol. The fraction of sp³-hybridized carbons (Fsp3) is 0.667. The molecule has 114 valence electrons. The van der Waals surface area contributed by atoms with E-state index < -0.39 is 0 Å². The van der Waals surface area contributed by atoms with Crippen molar-refractivity contribution in [3.63, 3.8) is 0 Å². The summed E-state index contributed by atoms with van der Waals surface area (Å²) in [5.41, 5.74) is 3.26. The Kier molecular flexibility index (Phi) is 3.23. The fourth-order valence-electron chi connectivity index (χ4n) is 5.09. The molecule has 3 atom stereocenters. The molecule has 21 heavy (non-hydrogen) atoms. The van der Waals surface area contributed by atoms with E-state index in [2.05, 4.69) is 23.1 Å². The van der Waals surface area contributed by atoms with Crippen molar-refractivity contribution in [3.8, 4) is 5.75 Å². The van der Waals surface area contributed by atoms with Crippen LogP contribution in [0.1, 0.15) is 36.8 Å². The predicted molar refractivity (Wildman–Crippen MR) is 82.7 cm³/mol. The van der Waals surface area contributed by atoms with Crippen LogP contribution in [0.3, 0.4) is 0 Å². The Morgan fingerprint density at radius 1 is 1.14 bits per heavy atom. The highest BCUT2D eigenvalue weighted by molar-refractivity contribution is 5.44. The van der Waals surface area contributed by atoms with Crippen molar-refractivity contribution in [3.05, 3.63) is 29.3 Å². The molecule has 3 aliphatic rings. The first-order chi connectivity index (χ1) is 10.3. The first-order valence-corrected chi connectivity index (χ1v) is 8.23. The second kappa shape index (κ2) is 4.99. The van der Waals surface area contributed by atoms with E-state index in [9.17, 15) is 0 Å². The average molecular weight is 287 g/mol. The zero-order chi connectivity index (χ0) is 14.4. The molecular formula is C18H25NO2. The Bertz CT molecular complexity index is 544. The lowest BCUT2D eigenvalue weighted by atomic mass is 9.66. The summed E-state index contributed by atoms with van der Waals surface area (Å²) in [5, 5.41) is 0. The molecule has 1 saturated carbocycles. The molecule has 2 heterocycles. The maximum absolute atomic E-state index is 5.76. The summed E-state index contributed by atoms with van der Waals surface area (Å²) in [6.45, 7) is 2.45. The molecule has 3 heteroatoms. The van der Waals surface area contributed by atoms with Crippen LogP contribution in [0, 0.1) is 5.92 Å². The van der Waals surface area contributed by atoms with Crippen molar-refractivity contribution in [1.82, 2.24) is 4.90 Å². The van der Waals surface area contributed by atoms with Gasteiger partial charge in [0.2, 0.25) is 0 Å². The second-order valence-electron chi connectivity index (χ2n) is 6.81. The molecule has 0 N–H and O–H groups in total. The Hall–Kier alpha value is -1.06. The molecule has 2 fully saturated rings. The largest absolute Gasteiger partial charge is 0.497 e. The first kappa shape index (κ1) is 13.6. The normalized spacial score (nSPS) is 35.0. The van der Waals surface area contributed by atoms with E-state index in [1.165, 1.54) is 49.9 Å². The van der Waals surface area contributed by atoms with Gasteiger partial charge in [-0.05, 0) is 67.8 Å². The zero-order valence-corrected chi connectivity index (χ0v) is 13.1. The van der Waals surface area contributed by atoms with Crippen molar-refractivity contribution < 1.29 is 9.47 Å². The summed E-state index contributed by atoms with van der Waals surface area (Å²) in [6, 6.07) is 6.70. The molecule has 0 radical (unpaired) electrons. The maximum atomic E-state index is 5.76. The van der Waals surface area contributed by atoms with Gasteiger partial charge in [-0.3, -0.25) is 4.90 Å². The summed E-state index contributed by atoms with van der Waals surface area (Å²) < 4.78 is 11.3. The highest BCUT2D eigenvalue weighted by Gasteiger charge is 2.55. The van der Waals surface area contributed by atoms with Crippen LogP contribution in [-0.2, 0) is 16.7 Å². The van der Waals surface area contributed by atoms with Gasteiger partial charge in [0.15, 0.2) is 0 Å². The molecule has 1 aromatic rings. The van der Waals surface area contributed by atoms with Crippen molar-refractivity contribution in [2.24, 2.45) is 5.92 Å². The van der Waals surface area contributed by atoms with E-state index in [4.69, 9.17) is 9.47 Å². The number of methoxy groups -OCH3 is 2. The monoisotopic (exact) mass is 287 g/mol. The second-order valence-corrected chi connectivity index (χ2v) is 6.81. The Morgan fingerprint density at radius 3 is 2.86 bits per heavy atom. The smallest absolute Gasteiger partial charge is 0.119 e. The molecule has 0 amide bonds. The van der Waals surface area contributed by atoms with Crippen LogP contribution in [0.25, 0.3) is 0 Å². The third kappa shape index (κ3) is 1.87. The van der Waals surface area contributed by atoms with Gasteiger partial charge in [-0.15, -0.1) is 0 Å². The van der Waals surface area contributed by atoms with Gasteiger partial charge in [-0.2, -0.15) is 0 Å². The molecule has 1 aliphatic carbocycles. The summed E-state index contributed by atoms with van der Waals surface area (Å²) in [4.78, 5) is 2.74. The van der Waals surface area contributed by atoms with E-state index in [-0.39, 0.29) is 5.54 Å². The topological polar surface area (TPSA) is 21.7 Å². The van der Waals surface area contributed by atoms with Crippen molar-refractivity contribution in [2.75, 3.05) is 27.3 Å². The Morgan fingerprint density at radius 2 is 2.05 bits per heavy atom. The van der Waals surface area contributed by atoms with Crippen LogP contribution in [0.15, 0.2) is 18.2 Å². The lowest BCUT2D eigenvalue weighted by Gasteiger charge is -2.51. The number of fused-ring (bicyclic) bond motifs is 1. The van der Waals surface area contributed by atoms with Crippen LogP contribution in [0.2, 0.25) is 0 Å². The number of benzene rings is 1. The highest BCUT2D eigenvalue weighted by atomic mass is 16.5. The van der Waals surface area contributed by atoms with Gasteiger partial charge in [-0.1, -0.05) is 6.07 Å². The number of hydrogen-bond donors (Lipinski definition) is 0. The molecule has 2 aliphatic heterocycles. The minimum absolute atomic E-state index is 0.209. The number of ether oxygens (including phenoxy) is 2. The van der Waals surface area contributed by atoms with Gasteiger partial charge in [0.1, 0.15) is 5.75 Å². The number of rotatable bonds is 2. The maximum Gasteiger partial charge on any atom is 0.119 e. The lowest BCUT2D eigenvalue weighted by molar-refractivity contribution is -0.0341. The summed E-state index contributed by atoms with van der Waals surface area (Å²) in [5.74, 6) is 1.78. The quantitative estimate of drug-likeness (QED) is 0.835. The van der Waals surface area contributed by atoms with Crippen LogP contribution >= 0.6 is 0 Å². The van der Waals surface area contributed by atoms with Gasteiger partial charge in [-0.25, -0.2) is 0 Å². The predicted octanol–water partition coefficient (Wildman–Crippen LogP) is 2.97. The molecule has 1 saturated heterocycles. The van der Waals surface area contributed by atoms with Gasteiger partial charge in [0, 0.05) is 13.7 Å². The summed E-state index contributed by atoms with van der Waals surface area (Å²) >= 11 is 0. The van der Waals surface area contributed by atoms with E-state index in [1.54, 1.807) is 7.11 Å². The Balaban J connectivity index is 1.84. The van der Waals surface area contributed by atoms with Gasteiger partial charge < -0.3 is 9.47 Å². The van der Waals surface area contributed by atoms with E-state index in [1.807, 2.05) is 7.11 Å².